The first kappa shape index (κ1) is 12.7. The fraction of sp³-hybridized carbons (Fsp3) is 0.733. The molecule has 1 N–H and O–H groups in total. The van der Waals surface area contributed by atoms with Crippen molar-refractivity contribution in [3.8, 4) is 0 Å². The second-order valence-corrected chi connectivity index (χ2v) is 5.65. The minimum atomic E-state index is 0.593. The monoisotopic (exact) mass is 235 g/mol. The van der Waals surface area contributed by atoms with Crippen LogP contribution in [0.4, 0.5) is 0 Å². The molecule has 0 radical (unpaired) electrons. The second-order valence-electron chi connectivity index (χ2n) is 5.65. The first-order valence-electron chi connectivity index (χ1n) is 7.02. The molecule has 1 aromatic heterocycles. The van der Waals surface area contributed by atoms with Crippen molar-refractivity contribution in [3.63, 3.8) is 0 Å². The Bertz CT molecular complexity index is 307. The van der Waals surface area contributed by atoms with Crippen molar-refractivity contribution in [2.75, 3.05) is 0 Å². The van der Waals surface area contributed by atoms with Gasteiger partial charge >= 0.3 is 0 Å². The molecule has 0 bridgehead atoms. The van der Waals surface area contributed by atoms with Gasteiger partial charge in [-0.05, 0) is 44.2 Å². The third-order valence-electron chi connectivity index (χ3n) is 3.86. The smallest absolute Gasteiger partial charge is 0.103 e. The standard InChI is InChI=1S/C15H25NO/c1-12-5-3-6-14(11-12)16-13(2)8-9-15-7-4-10-17-15/h4,7,10,12-14,16H,3,5-6,8-9,11H2,1-2H3. The van der Waals surface area contributed by atoms with Crippen LogP contribution in [0.3, 0.4) is 0 Å². The van der Waals surface area contributed by atoms with Crippen LogP contribution in [0.15, 0.2) is 22.8 Å². The minimum Gasteiger partial charge on any atom is -0.469 e. The largest absolute Gasteiger partial charge is 0.469 e. The molecule has 0 aromatic carbocycles. The van der Waals surface area contributed by atoms with Crippen molar-refractivity contribution in [1.29, 1.82) is 0 Å². The maximum Gasteiger partial charge on any atom is 0.103 e. The zero-order valence-corrected chi connectivity index (χ0v) is 11.1. The number of rotatable bonds is 5. The zero-order valence-electron chi connectivity index (χ0n) is 11.1. The number of furan rings is 1. The maximum absolute atomic E-state index is 5.36. The van der Waals surface area contributed by atoms with Crippen LogP contribution in [-0.2, 0) is 6.42 Å². The topological polar surface area (TPSA) is 25.2 Å². The third kappa shape index (κ3) is 4.19. The molecule has 1 aromatic rings. The van der Waals surface area contributed by atoms with E-state index in [4.69, 9.17) is 4.42 Å². The molecule has 1 saturated carbocycles. The highest BCUT2D eigenvalue weighted by molar-refractivity contribution is 4.98. The summed E-state index contributed by atoms with van der Waals surface area (Å²) < 4.78 is 5.36. The lowest BCUT2D eigenvalue weighted by Gasteiger charge is -2.30. The lowest BCUT2D eigenvalue weighted by molar-refractivity contribution is 0.279. The molecule has 1 heterocycles. The molecule has 0 aliphatic heterocycles. The van der Waals surface area contributed by atoms with Crippen LogP contribution in [-0.4, -0.2) is 12.1 Å². The summed E-state index contributed by atoms with van der Waals surface area (Å²) in [6.07, 6.45) is 9.49. The summed E-state index contributed by atoms with van der Waals surface area (Å²) >= 11 is 0. The Morgan fingerprint density at radius 2 is 2.35 bits per heavy atom. The lowest BCUT2D eigenvalue weighted by atomic mass is 9.86. The van der Waals surface area contributed by atoms with Crippen molar-refractivity contribution < 1.29 is 4.42 Å². The average molecular weight is 235 g/mol. The molecule has 3 unspecified atom stereocenters. The van der Waals surface area contributed by atoms with Gasteiger partial charge in [-0.3, -0.25) is 0 Å². The SMILES string of the molecule is CC1CCCC(NC(C)CCc2ccco2)C1. The van der Waals surface area contributed by atoms with Crippen LogP contribution in [0.2, 0.25) is 0 Å². The molecular formula is C15H25NO. The maximum atomic E-state index is 5.36. The summed E-state index contributed by atoms with van der Waals surface area (Å²) in [5.41, 5.74) is 0. The van der Waals surface area contributed by atoms with Gasteiger partial charge in [0.05, 0.1) is 6.26 Å². The quantitative estimate of drug-likeness (QED) is 0.840. The van der Waals surface area contributed by atoms with Gasteiger partial charge in [-0.25, -0.2) is 0 Å². The predicted octanol–water partition coefficient (Wildman–Crippen LogP) is 3.77. The number of hydrogen-bond donors (Lipinski definition) is 1. The van der Waals surface area contributed by atoms with Crippen molar-refractivity contribution in [2.24, 2.45) is 5.92 Å². The van der Waals surface area contributed by atoms with Crippen LogP contribution in [0.25, 0.3) is 0 Å². The number of aryl methyl sites for hydroxylation is 1. The van der Waals surface area contributed by atoms with E-state index in [0.717, 1.165) is 24.1 Å². The molecule has 3 atom stereocenters. The van der Waals surface area contributed by atoms with Gasteiger partial charge in [-0.2, -0.15) is 0 Å². The summed E-state index contributed by atoms with van der Waals surface area (Å²) in [5.74, 6) is 2.01. The minimum absolute atomic E-state index is 0.593. The van der Waals surface area contributed by atoms with E-state index >= 15 is 0 Å². The molecule has 1 aliphatic rings. The van der Waals surface area contributed by atoms with E-state index in [-0.39, 0.29) is 0 Å². The molecule has 1 aliphatic carbocycles. The van der Waals surface area contributed by atoms with Crippen LogP contribution in [0.5, 0.6) is 0 Å². The van der Waals surface area contributed by atoms with E-state index in [2.05, 4.69) is 25.2 Å². The fourth-order valence-corrected chi connectivity index (χ4v) is 2.88. The van der Waals surface area contributed by atoms with Crippen molar-refractivity contribution in [1.82, 2.24) is 5.32 Å². The van der Waals surface area contributed by atoms with E-state index in [9.17, 15) is 0 Å². The van der Waals surface area contributed by atoms with Crippen LogP contribution in [0.1, 0.15) is 51.7 Å². The second kappa shape index (κ2) is 6.25. The summed E-state index contributed by atoms with van der Waals surface area (Å²) in [7, 11) is 0. The summed E-state index contributed by atoms with van der Waals surface area (Å²) in [5, 5.41) is 3.77. The molecule has 2 rings (SSSR count). The summed E-state index contributed by atoms with van der Waals surface area (Å²) in [4.78, 5) is 0. The van der Waals surface area contributed by atoms with Crippen molar-refractivity contribution >= 4 is 0 Å². The third-order valence-corrected chi connectivity index (χ3v) is 3.86. The lowest BCUT2D eigenvalue weighted by Crippen LogP contribution is -2.39. The Morgan fingerprint density at radius 1 is 1.47 bits per heavy atom. The Hall–Kier alpha value is -0.760. The first-order valence-corrected chi connectivity index (χ1v) is 7.02. The van der Waals surface area contributed by atoms with Gasteiger partial charge in [-0.15, -0.1) is 0 Å². The summed E-state index contributed by atoms with van der Waals surface area (Å²) in [6.45, 7) is 4.67. The fourth-order valence-electron chi connectivity index (χ4n) is 2.88. The van der Waals surface area contributed by atoms with E-state index in [1.165, 1.54) is 32.1 Å². The molecule has 0 amide bonds. The first-order chi connectivity index (χ1) is 8.24. The molecule has 0 saturated heterocycles. The molecule has 2 nitrogen and oxygen atoms in total. The van der Waals surface area contributed by atoms with Crippen molar-refractivity contribution in [3.05, 3.63) is 24.2 Å². The van der Waals surface area contributed by atoms with Crippen molar-refractivity contribution in [2.45, 2.75) is 64.5 Å². The molecule has 2 heteroatoms. The Morgan fingerprint density at radius 3 is 3.06 bits per heavy atom. The Balaban J connectivity index is 1.67. The van der Waals surface area contributed by atoms with E-state index < -0.39 is 0 Å². The molecule has 17 heavy (non-hydrogen) atoms. The molecule has 1 fully saturated rings. The van der Waals surface area contributed by atoms with Gasteiger partial charge in [0.15, 0.2) is 0 Å². The number of nitrogens with one attached hydrogen (secondary N) is 1. The van der Waals surface area contributed by atoms with Gasteiger partial charge in [0.25, 0.3) is 0 Å². The predicted molar refractivity (Wildman–Crippen MR) is 71.0 cm³/mol. The van der Waals surface area contributed by atoms with Gasteiger partial charge in [0.2, 0.25) is 0 Å². The zero-order chi connectivity index (χ0) is 12.1. The Kier molecular flexibility index (Phi) is 4.66. The highest BCUT2D eigenvalue weighted by Gasteiger charge is 2.19. The molecular weight excluding hydrogens is 210 g/mol. The molecule has 96 valence electrons. The van der Waals surface area contributed by atoms with Crippen LogP contribution < -0.4 is 5.32 Å². The highest BCUT2D eigenvalue weighted by Crippen LogP contribution is 2.24. The summed E-state index contributed by atoms with van der Waals surface area (Å²) in [6, 6.07) is 5.37. The average Bonchev–Trinajstić information content (AvgIpc) is 2.79. The number of hydrogen-bond acceptors (Lipinski definition) is 2. The molecule has 0 spiro atoms. The Labute approximate surface area is 105 Å². The normalized spacial score (nSPS) is 26.9. The highest BCUT2D eigenvalue weighted by atomic mass is 16.3. The van der Waals surface area contributed by atoms with Gasteiger partial charge in [0, 0.05) is 18.5 Å². The van der Waals surface area contributed by atoms with Crippen LogP contribution in [0, 0.1) is 5.92 Å². The van der Waals surface area contributed by atoms with E-state index in [0.29, 0.717) is 6.04 Å². The van der Waals surface area contributed by atoms with Gasteiger partial charge < -0.3 is 9.73 Å². The van der Waals surface area contributed by atoms with E-state index in [1.54, 1.807) is 6.26 Å². The van der Waals surface area contributed by atoms with Gasteiger partial charge in [-0.1, -0.05) is 19.8 Å². The van der Waals surface area contributed by atoms with Gasteiger partial charge in [0.1, 0.15) is 5.76 Å². The van der Waals surface area contributed by atoms with E-state index in [1.807, 2.05) is 6.07 Å². The van der Waals surface area contributed by atoms with Crippen LogP contribution >= 0.6 is 0 Å².